The molecule has 1 rings (SSSR count). The molecule has 1 aliphatic rings. The highest BCUT2D eigenvalue weighted by molar-refractivity contribution is 9.09. The van der Waals surface area contributed by atoms with E-state index < -0.39 is 0 Å². The largest absolute Gasteiger partial charge is 0.339 e. The molecule has 88 valence electrons. The molecule has 0 N–H and O–H groups in total. The van der Waals surface area contributed by atoms with Gasteiger partial charge in [0.1, 0.15) is 0 Å². The number of nitrogens with zero attached hydrogens (tertiary/aromatic N) is 1. The first-order valence-electron chi connectivity index (χ1n) is 5.70. The van der Waals surface area contributed by atoms with Gasteiger partial charge in [0, 0.05) is 24.3 Å². The van der Waals surface area contributed by atoms with E-state index in [1.807, 2.05) is 0 Å². The first kappa shape index (κ1) is 13.0. The second-order valence-electron chi connectivity index (χ2n) is 5.81. The van der Waals surface area contributed by atoms with Gasteiger partial charge in [-0.25, -0.2) is 0 Å². The summed E-state index contributed by atoms with van der Waals surface area (Å²) >= 11 is 3.51. The quantitative estimate of drug-likeness (QED) is 0.710. The highest BCUT2D eigenvalue weighted by Crippen LogP contribution is 2.28. The molecule has 1 saturated heterocycles. The molecular formula is C12H22BrNO. The van der Waals surface area contributed by atoms with Crippen LogP contribution >= 0.6 is 15.9 Å². The van der Waals surface area contributed by atoms with E-state index >= 15 is 0 Å². The van der Waals surface area contributed by atoms with Gasteiger partial charge in [-0.15, -0.1) is 0 Å². The normalized spacial score (nSPS) is 27.1. The summed E-state index contributed by atoms with van der Waals surface area (Å²) in [5.74, 6) is 0.949. The number of amides is 1. The van der Waals surface area contributed by atoms with Crippen LogP contribution in [0.5, 0.6) is 0 Å². The smallest absolute Gasteiger partial charge is 0.223 e. The van der Waals surface area contributed by atoms with Gasteiger partial charge in [0.25, 0.3) is 0 Å². The van der Waals surface area contributed by atoms with Crippen molar-refractivity contribution in [2.75, 3.05) is 11.9 Å². The molecule has 3 heteroatoms. The fraction of sp³-hybridized carbons (Fsp3) is 0.917. The topological polar surface area (TPSA) is 20.3 Å². The van der Waals surface area contributed by atoms with E-state index in [-0.39, 0.29) is 5.41 Å². The van der Waals surface area contributed by atoms with Crippen molar-refractivity contribution in [3.05, 3.63) is 0 Å². The van der Waals surface area contributed by atoms with Crippen LogP contribution in [0.3, 0.4) is 0 Å². The average Bonchev–Trinajstić information content (AvgIpc) is 2.43. The zero-order chi connectivity index (χ0) is 11.6. The molecule has 0 aromatic heterocycles. The summed E-state index contributed by atoms with van der Waals surface area (Å²) in [6, 6.07) is 0.403. The standard InChI is InChI=1S/C12H22BrNO/c1-9-5-6-14(10(9)8-13)11(15)7-12(2,3)4/h9-10H,5-8H2,1-4H3. The number of likely N-dealkylation sites (tertiary alicyclic amines) is 1. The van der Waals surface area contributed by atoms with Gasteiger partial charge in [-0.1, -0.05) is 43.6 Å². The molecule has 0 bridgehead atoms. The third-order valence-corrected chi connectivity index (χ3v) is 3.71. The molecule has 1 aliphatic heterocycles. The maximum Gasteiger partial charge on any atom is 0.223 e. The van der Waals surface area contributed by atoms with Crippen molar-refractivity contribution in [2.24, 2.45) is 11.3 Å². The molecule has 0 aromatic carbocycles. The van der Waals surface area contributed by atoms with Crippen LogP contribution < -0.4 is 0 Å². The van der Waals surface area contributed by atoms with E-state index in [1.165, 1.54) is 0 Å². The highest BCUT2D eigenvalue weighted by Gasteiger charge is 2.34. The average molecular weight is 276 g/mol. The Balaban J connectivity index is 2.60. The van der Waals surface area contributed by atoms with Gasteiger partial charge in [0.2, 0.25) is 5.91 Å². The third kappa shape index (κ3) is 3.47. The summed E-state index contributed by atoms with van der Waals surface area (Å²) < 4.78 is 0. The van der Waals surface area contributed by atoms with E-state index in [9.17, 15) is 4.79 Å². The molecule has 15 heavy (non-hydrogen) atoms. The first-order valence-corrected chi connectivity index (χ1v) is 6.83. The minimum Gasteiger partial charge on any atom is -0.339 e. The van der Waals surface area contributed by atoms with Gasteiger partial charge in [-0.2, -0.15) is 0 Å². The minimum absolute atomic E-state index is 0.0970. The summed E-state index contributed by atoms with van der Waals surface area (Å²) in [5.41, 5.74) is 0.0970. The van der Waals surface area contributed by atoms with Crippen LogP contribution in [-0.2, 0) is 4.79 Å². The van der Waals surface area contributed by atoms with Gasteiger partial charge in [-0.05, 0) is 17.8 Å². The Hall–Kier alpha value is -0.0500. The van der Waals surface area contributed by atoms with Crippen molar-refractivity contribution in [3.63, 3.8) is 0 Å². The lowest BCUT2D eigenvalue weighted by Gasteiger charge is -2.28. The van der Waals surface area contributed by atoms with Crippen molar-refractivity contribution >= 4 is 21.8 Å². The van der Waals surface area contributed by atoms with Gasteiger partial charge < -0.3 is 4.90 Å². The Bertz CT molecular complexity index is 234. The van der Waals surface area contributed by atoms with Crippen molar-refractivity contribution in [2.45, 2.75) is 46.6 Å². The second kappa shape index (κ2) is 4.86. The molecule has 1 fully saturated rings. The predicted octanol–water partition coefficient (Wildman–Crippen LogP) is 3.05. The molecular weight excluding hydrogens is 254 g/mol. The van der Waals surface area contributed by atoms with Crippen molar-refractivity contribution in [3.8, 4) is 0 Å². The SMILES string of the molecule is CC1CCN(C(=O)CC(C)(C)C)C1CBr. The Morgan fingerprint density at radius 3 is 2.53 bits per heavy atom. The van der Waals surface area contributed by atoms with Gasteiger partial charge in [-0.3, -0.25) is 4.79 Å². The Kier molecular flexibility index (Phi) is 4.21. The molecule has 0 aromatic rings. The third-order valence-electron chi connectivity index (χ3n) is 3.04. The number of hydrogen-bond acceptors (Lipinski definition) is 1. The lowest BCUT2D eigenvalue weighted by molar-refractivity contribution is -0.133. The van der Waals surface area contributed by atoms with E-state index in [0.717, 1.165) is 18.3 Å². The van der Waals surface area contributed by atoms with E-state index in [2.05, 4.69) is 48.5 Å². The first-order chi connectivity index (χ1) is 6.85. The van der Waals surface area contributed by atoms with E-state index in [4.69, 9.17) is 0 Å². The molecule has 0 radical (unpaired) electrons. The number of carbonyl (C=O) groups excluding carboxylic acids is 1. The molecule has 0 aliphatic carbocycles. The van der Waals surface area contributed by atoms with Crippen LogP contribution in [-0.4, -0.2) is 28.7 Å². The highest BCUT2D eigenvalue weighted by atomic mass is 79.9. The number of rotatable bonds is 2. The summed E-state index contributed by atoms with van der Waals surface area (Å²) in [6.07, 6.45) is 1.80. The molecule has 1 heterocycles. The molecule has 1 amide bonds. The maximum atomic E-state index is 12.1. The molecule has 2 unspecified atom stereocenters. The van der Waals surface area contributed by atoms with Gasteiger partial charge >= 0.3 is 0 Å². The van der Waals surface area contributed by atoms with Gasteiger partial charge in [0.15, 0.2) is 0 Å². The number of halogens is 1. The molecule has 0 saturated carbocycles. The lowest BCUT2D eigenvalue weighted by atomic mass is 9.91. The summed E-state index contributed by atoms with van der Waals surface area (Å²) in [5, 5.41) is 0.907. The van der Waals surface area contributed by atoms with Crippen LogP contribution in [0, 0.1) is 11.3 Å². The van der Waals surface area contributed by atoms with Crippen molar-refractivity contribution in [1.29, 1.82) is 0 Å². The Morgan fingerprint density at radius 2 is 2.07 bits per heavy atom. The van der Waals surface area contributed by atoms with Crippen LogP contribution in [0.2, 0.25) is 0 Å². The van der Waals surface area contributed by atoms with Crippen LogP contribution in [0.1, 0.15) is 40.5 Å². The number of alkyl halides is 1. The molecule has 0 spiro atoms. The van der Waals surface area contributed by atoms with Crippen molar-refractivity contribution < 1.29 is 4.79 Å². The van der Waals surface area contributed by atoms with Crippen LogP contribution in [0.25, 0.3) is 0 Å². The van der Waals surface area contributed by atoms with Gasteiger partial charge in [0.05, 0.1) is 0 Å². The summed E-state index contributed by atoms with van der Waals surface area (Å²) in [6.45, 7) is 9.53. The predicted molar refractivity (Wildman–Crippen MR) is 67.1 cm³/mol. The number of carbonyl (C=O) groups is 1. The molecule has 2 nitrogen and oxygen atoms in total. The summed E-state index contributed by atoms with van der Waals surface area (Å²) in [7, 11) is 0. The van der Waals surface area contributed by atoms with Crippen molar-refractivity contribution in [1.82, 2.24) is 4.90 Å². The number of hydrogen-bond donors (Lipinski definition) is 0. The Morgan fingerprint density at radius 1 is 1.47 bits per heavy atom. The maximum absolute atomic E-state index is 12.1. The monoisotopic (exact) mass is 275 g/mol. The Labute approximate surface area is 102 Å². The lowest BCUT2D eigenvalue weighted by Crippen LogP contribution is -2.40. The summed E-state index contributed by atoms with van der Waals surface area (Å²) in [4.78, 5) is 14.1. The van der Waals surface area contributed by atoms with Crippen LogP contribution in [0.15, 0.2) is 0 Å². The van der Waals surface area contributed by atoms with Crippen LogP contribution in [0.4, 0.5) is 0 Å². The van der Waals surface area contributed by atoms with E-state index in [1.54, 1.807) is 0 Å². The minimum atomic E-state index is 0.0970. The second-order valence-corrected chi connectivity index (χ2v) is 6.46. The molecule has 2 atom stereocenters. The zero-order valence-electron chi connectivity index (χ0n) is 10.2. The fourth-order valence-corrected chi connectivity index (χ4v) is 3.10. The zero-order valence-corrected chi connectivity index (χ0v) is 11.8. The fourth-order valence-electron chi connectivity index (χ4n) is 2.11. The van der Waals surface area contributed by atoms with E-state index in [0.29, 0.717) is 24.3 Å².